The third-order valence-electron chi connectivity index (χ3n) is 7.60. The molecule has 14 heteroatoms. The zero-order chi connectivity index (χ0) is 34.2. The van der Waals surface area contributed by atoms with Gasteiger partial charge in [-0.15, -0.1) is 0 Å². The number of fused-ring (bicyclic) bond motifs is 1. The summed E-state index contributed by atoms with van der Waals surface area (Å²) in [6, 6.07) is 25.0. The Kier molecular flexibility index (Phi) is 12.4. The molecule has 250 valence electrons. The fourth-order valence-electron chi connectivity index (χ4n) is 5.07. The smallest absolute Gasteiger partial charge is 0.324 e. The van der Waals surface area contributed by atoms with Gasteiger partial charge in [0.15, 0.2) is 5.96 Å². The van der Waals surface area contributed by atoms with Crippen molar-refractivity contribution in [1.29, 1.82) is 5.41 Å². The molecule has 0 saturated carbocycles. The van der Waals surface area contributed by atoms with Crippen molar-refractivity contribution in [3.05, 3.63) is 106 Å². The first kappa shape index (κ1) is 36.3. The molecular formula is C33H37IN4O7S2. The molecule has 0 radical (unpaired) electrons. The van der Waals surface area contributed by atoms with E-state index in [2.05, 4.69) is 27.3 Å². The minimum Gasteiger partial charge on any atom is -0.464 e. The van der Waals surface area contributed by atoms with Gasteiger partial charge in [0.25, 0.3) is 10.1 Å². The second-order valence-corrected chi connectivity index (χ2v) is 15.7. The summed E-state index contributed by atoms with van der Waals surface area (Å²) in [5, 5.41) is 9.73. The monoisotopic (exact) mass is 792 g/mol. The quantitative estimate of drug-likeness (QED) is 0.0614. The predicted molar refractivity (Wildman–Crippen MR) is 189 cm³/mol. The van der Waals surface area contributed by atoms with Crippen LogP contribution in [0.1, 0.15) is 24.0 Å². The van der Waals surface area contributed by atoms with Crippen LogP contribution in [0.4, 0.5) is 0 Å². The molecule has 1 aliphatic rings. The number of likely N-dealkylation sites (tertiary alicyclic amines) is 1. The molecule has 0 spiro atoms. The van der Waals surface area contributed by atoms with E-state index in [4.69, 9.17) is 20.4 Å². The Labute approximate surface area is 289 Å². The van der Waals surface area contributed by atoms with E-state index >= 15 is 0 Å². The Morgan fingerprint density at radius 3 is 2.28 bits per heavy atom. The second-order valence-electron chi connectivity index (χ2n) is 11.3. The highest BCUT2D eigenvalue weighted by atomic mass is 127. The molecule has 0 bridgehead atoms. The summed E-state index contributed by atoms with van der Waals surface area (Å²) in [6.07, 6.45) is 1.85. The molecule has 47 heavy (non-hydrogen) atoms. The van der Waals surface area contributed by atoms with Crippen molar-refractivity contribution in [2.24, 2.45) is 11.7 Å². The van der Waals surface area contributed by atoms with Crippen molar-refractivity contribution >= 4 is 65.4 Å². The van der Waals surface area contributed by atoms with E-state index < -0.39 is 32.2 Å². The fraction of sp³-hybridized carbons (Fsp3) is 0.273. The van der Waals surface area contributed by atoms with E-state index in [0.29, 0.717) is 13.1 Å². The van der Waals surface area contributed by atoms with Gasteiger partial charge < -0.3 is 15.4 Å². The number of esters is 1. The minimum absolute atomic E-state index is 0.00508. The lowest BCUT2D eigenvalue weighted by molar-refractivity contribution is -0.147. The third kappa shape index (κ3) is 10.7. The Hall–Kier alpha value is -3.57. The number of nitrogens with zero attached hydrogens (tertiary/aromatic N) is 1. The zero-order valence-corrected chi connectivity index (χ0v) is 29.5. The molecule has 4 aromatic rings. The van der Waals surface area contributed by atoms with Gasteiger partial charge in [-0.05, 0) is 102 Å². The van der Waals surface area contributed by atoms with Crippen LogP contribution in [-0.4, -0.2) is 64.0 Å². The van der Waals surface area contributed by atoms with E-state index in [-0.39, 0.29) is 34.7 Å². The van der Waals surface area contributed by atoms with Gasteiger partial charge in [-0.25, -0.2) is 8.42 Å². The fourth-order valence-corrected chi connectivity index (χ4v) is 7.10. The van der Waals surface area contributed by atoms with Gasteiger partial charge in [0.1, 0.15) is 6.04 Å². The van der Waals surface area contributed by atoms with Crippen LogP contribution in [0.25, 0.3) is 10.8 Å². The van der Waals surface area contributed by atoms with Crippen molar-refractivity contribution in [2.75, 3.05) is 19.7 Å². The van der Waals surface area contributed by atoms with Gasteiger partial charge >= 0.3 is 5.97 Å². The topological polar surface area (TPSA) is 180 Å². The van der Waals surface area contributed by atoms with Crippen LogP contribution < -0.4 is 10.5 Å². The van der Waals surface area contributed by atoms with Gasteiger partial charge in [-0.2, -0.15) is 13.1 Å². The largest absolute Gasteiger partial charge is 0.464 e. The molecule has 0 unspecified atom stereocenters. The number of rotatable bonds is 9. The number of carbonyl (C=O) groups is 1. The SMILES string of the molecule is Cc1ccc(S(=O)(=O)O)cc1.N=C(N)N1CCC[C@H](COC(=O)[C@@H](Cc2ccc3ccccc3c2)NS(=O)(=O)c2ccc(I)cc2)C1. The number of guanidine groups is 1. The average Bonchev–Trinajstić information content (AvgIpc) is 3.03. The molecule has 5 N–H and O–H groups in total. The summed E-state index contributed by atoms with van der Waals surface area (Å²) in [7, 11) is -7.97. The highest BCUT2D eigenvalue weighted by Gasteiger charge is 2.29. The number of nitrogens with two attached hydrogens (primary N) is 1. The van der Waals surface area contributed by atoms with Crippen LogP contribution in [0, 0.1) is 21.8 Å². The minimum atomic E-state index is -4.02. The van der Waals surface area contributed by atoms with Gasteiger partial charge in [0.05, 0.1) is 16.4 Å². The molecule has 1 heterocycles. The maximum Gasteiger partial charge on any atom is 0.324 e. The molecule has 5 rings (SSSR count). The third-order valence-corrected chi connectivity index (χ3v) is 10.7. The summed E-state index contributed by atoms with van der Waals surface area (Å²) in [5.41, 5.74) is 7.39. The molecule has 0 aromatic heterocycles. The summed E-state index contributed by atoms with van der Waals surface area (Å²) < 4.78 is 64.9. The van der Waals surface area contributed by atoms with Gasteiger partial charge in [0, 0.05) is 22.6 Å². The van der Waals surface area contributed by atoms with Crippen molar-refractivity contribution in [3.63, 3.8) is 0 Å². The number of ether oxygens (including phenoxy) is 1. The summed E-state index contributed by atoms with van der Waals surface area (Å²) in [5.74, 6) is -0.594. The Morgan fingerprint density at radius 1 is 1.00 bits per heavy atom. The van der Waals surface area contributed by atoms with Crippen molar-refractivity contribution in [1.82, 2.24) is 9.62 Å². The Balaban J connectivity index is 0.000000385. The van der Waals surface area contributed by atoms with E-state index in [0.717, 1.165) is 38.3 Å². The second kappa shape index (κ2) is 16.0. The van der Waals surface area contributed by atoms with Gasteiger partial charge in [-0.3, -0.25) is 14.8 Å². The maximum absolute atomic E-state index is 13.2. The van der Waals surface area contributed by atoms with Crippen molar-refractivity contribution in [3.8, 4) is 0 Å². The normalized spacial score (nSPS) is 15.7. The van der Waals surface area contributed by atoms with Crippen molar-refractivity contribution in [2.45, 2.75) is 42.0 Å². The highest BCUT2D eigenvalue weighted by Crippen LogP contribution is 2.20. The molecule has 2 atom stereocenters. The number of sulfonamides is 1. The molecule has 4 aromatic carbocycles. The molecular weight excluding hydrogens is 755 g/mol. The number of hydrogen-bond acceptors (Lipinski definition) is 7. The van der Waals surface area contributed by atoms with Gasteiger partial charge in [0.2, 0.25) is 10.0 Å². The van der Waals surface area contributed by atoms with E-state index in [9.17, 15) is 21.6 Å². The number of halogens is 1. The van der Waals surface area contributed by atoms with Crippen LogP contribution in [0.5, 0.6) is 0 Å². The molecule has 1 aliphatic heterocycles. The van der Waals surface area contributed by atoms with E-state index in [1.807, 2.05) is 49.4 Å². The summed E-state index contributed by atoms with van der Waals surface area (Å²) in [6.45, 7) is 3.22. The average molecular weight is 793 g/mol. The van der Waals surface area contributed by atoms with Crippen LogP contribution in [0.3, 0.4) is 0 Å². The number of piperidine rings is 1. The van der Waals surface area contributed by atoms with Crippen LogP contribution in [-0.2, 0) is 36.1 Å². The first-order valence-corrected chi connectivity index (χ1v) is 18.8. The standard InChI is InChI=1S/C26H29IN4O4S.C7H8O3S/c27-22-9-11-23(12-10-22)36(33,34)30-24(15-18-7-8-20-5-1-2-6-21(20)14-18)25(32)35-17-19-4-3-13-31(16-19)26(28)29;1-6-2-4-7(5-3-6)11(8,9)10/h1-2,5-12,14,19,24,30H,3-4,13,15-17H2,(H3,28,29);2-5H,1H3,(H,8,9,10)/t19-,24+;/m0./s1. The lowest BCUT2D eigenvalue weighted by Gasteiger charge is -2.32. The first-order chi connectivity index (χ1) is 22.2. The van der Waals surface area contributed by atoms with Crippen molar-refractivity contribution < 1.29 is 30.9 Å². The first-order valence-electron chi connectivity index (χ1n) is 14.8. The molecule has 11 nitrogen and oxygen atoms in total. The lowest BCUT2D eigenvalue weighted by Crippen LogP contribution is -2.46. The molecule has 0 amide bonds. The highest BCUT2D eigenvalue weighted by molar-refractivity contribution is 14.1. The number of hydrogen-bond donors (Lipinski definition) is 4. The predicted octanol–water partition coefficient (Wildman–Crippen LogP) is 4.72. The number of carbonyl (C=O) groups excluding carboxylic acids is 1. The van der Waals surface area contributed by atoms with E-state index in [1.165, 1.54) is 24.3 Å². The van der Waals surface area contributed by atoms with Crippen LogP contribution in [0.2, 0.25) is 0 Å². The number of benzene rings is 4. The lowest BCUT2D eigenvalue weighted by atomic mass is 9.99. The van der Waals surface area contributed by atoms with Crippen LogP contribution >= 0.6 is 22.6 Å². The number of nitrogens with one attached hydrogen (secondary N) is 2. The van der Waals surface area contributed by atoms with Crippen LogP contribution in [0.15, 0.2) is 101 Å². The number of aryl methyl sites for hydroxylation is 1. The summed E-state index contributed by atoms with van der Waals surface area (Å²) in [4.78, 5) is 15.0. The maximum atomic E-state index is 13.2. The summed E-state index contributed by atoms with van der Waals surface area (Å²) >= 11 is 2.11. The zero-order valence-electron chi connectivity index (χ0n) is 25.7. The van der Waals surface area contributed by atoms with Gasteiger partial charge in [-0.1, -0.05) is 60.2 Å². The Morgan fingerprint density at radius 2 is 1.64 bits per heavy atom. The Bertz CT molecular complexity index is 1920. The molecule has 1 fully saturated rings. The van der Waals surface area contributed by atoms with E-state index in [1.54, 1.807) is 29.2 Å². The molecule has 1 saturated heterocycles. The molecule has 0 aliphatic carbocycles.